The van der Waals surface area contributed by atoms with Crippen LogP contribution in [0, 0.1) is 11.8 Å². The van der Waals surface area contributed by atoms with Crippen LogP contribution >= 0.6 is 0 Å². The molecule has 1 aromatic carbocycles. The van der Waals surface area contributed by atoms with E-state index in [2.05, 4.69) is 4.90 Å². The van der Waals surface area contributed by atoms with Gasteiger partial charge in [0.05, 0.1) is 26.7 Å². The molecule has 8 nitrogen and oxygen atoms in total. The predicted octanol–water partition coefficient (Wildman–Crippen LogP) is 2.83. The van der Waals surface area contributed by atoms with Crippen molar-refractivity contribution in [2.24, 2.45) is 11.8 Å². The van der Waals surface area contributed by atoms with Crippen molar-refractivity contribution < 1.29 is 23.8 Å². The minimum atomic E-state index is -0.272. The molecule has 8 heteroatoms. The van der Waals surface area contributed by atoms with Crippen molar-refractivity contribution in [3.8, 4) is 11.5 Å². The Morgan fingerprint density at radius 1 is 1.06 bits per heavy atom. The molecule has 0 aromatic heterocycles. The van der Waals surface area contributed by atoms with Gasteiger partial charge in [0.1, 0.15) is 0 Å². The van der Waals surface area contributed by atoms with E-state index in [1.807, 2.05) is 28.0 Å². The van der Waals surface area contributed by atoms with Crippen molar-refractivity contribution >= 4 is 11.8 Å². The number of hydrogen-bond acceptors (Lipinski definition) is 6. The SMILES string of the molecule is COCCN(C[C@@H]1CCCN2CCCC[C@@H]12)C(=O)[C@H]1CC(=O)N(CCc2ccc(OC)c(OC)c2)C1. The Bertz CT molecular complexity index is 892. The highest BCUT2D eigenvalue weighted by molar-refractivity contribution is 5.89. The second-order valence-electron chi connectivity index (χ2n) is 10.5. The van der Waals surface area contributed by atoms with Crippen LogP contribution in [0.15, 0.2) is 18.2 Å². The van der Waals surface area contributed by atoms with Gasteiger partial charge < -0.3 is 28.9 Å². The number of rotatable bonds is 11. The maximum atomic E-state index is 13.7. The number of hydrogen-bond donors (Lipinski definition) is 0. The summed E-state index contributed by atoms with van der Waals surface area (Å²) in [6, 6.07) is 6.43. The Hall–Kier alpha value is -2.32. The first-order valence-corrected chi connectivity index (χ1v) is 13.5. The van der Waals surface area contributed by atoms with E-state index < -0.39 is 0 Å². The Morgan fingerprint density at radius 2 is 1.86 bits per heavy atom. The average molecular weight is 502 g/mol. The third-order valence-corrected chi connectivity index (χ3v) is 8.24. The van der Waals surface area contributed by atoms with Crippen LogP contribution < -0.4 is 9.47 Å². The fourth-order valence-electron chi connectivity index (χ4n) is 6.28. The molecule has 200 valence electrons. The van der Waals surface area contributed by atoms with Gasteiger partial charge in [0.2, 0.25) is 11.8 Å². The third kappa shape index (κ3) is 6.32. The van der Waals surface area contributed by atoms with Crippen LogP contribution in [-0.4, -0.2) is 99.8 Å². The second kappa shape index (κ2) is 12.8. The number of methoxy groups -OCH3 is 3. The summed E-state index contributed by atoms with van der Waals surface area (Å²) >= 11 is 0. The average Bonchev–Trinajstić information content (AvgIpc) is 3.29. The molecule has 2 amide bonds. The van der Waals surface area contributed by atoms with Crippen molar-refractivity contribution in [1.82, 2.24) is 14.7 Å². The number of likely N-dealkylation sites (tertiary alicyclic amines) is 1. The van der Waals surface area contributed by atoms with Gasteiger partial charge in [-0.2, -0.15) is 0 Å². The summed E-state index contributed by atoms with van der Waals surface area (Å²) in [7, 11) is 4.92. The monoisotopic (exact) mass is 501 g/mol. The van der Waals surface area contributed by atoms with E-state index in [-0.39, 0.29) is 17.7 Å². The summed E-state index contributed by atoms with van der Waals surface area (Å²) in [5, 5.41) is 0. The lowest BCUT2D eigenvalue weighted by atomic mass is 9.83. The lowest BCUT2D eigenvalue weighted by molar-refractivity contribution is -0.137. The maximum absolute atomic E-state index is 13.7. The van der Waals surface area contributed by atoms with Gasteiger partial charge >= 0.3 is 0 Å². The van der Waals surface area contributed by atoms with Gasteiger partial charge in [0.25, 0.3) is 0 Å². The summed E-state index contributed by atoms with van der Waals surface area (Å²) in [5.74, 6) is 1.79. The van der Waals surface area contributed by atoms with E-state index in [1.165, 1.54) is 45.2 Å². The van der Waals surface area contributed by atoms with Crippen LogP contribution in [0.3, 0.4) is 0 Å². The summed E-state index contributed by atoms with van der Waals surface area (Å²) < 4.78 is 16.1. The molecule has 4 rings (SSSR count). The van der Waals surface area contributed by atoms with Crippen LogP contribution in [0.1, 0.15) is 44.1 Å². The number of piperidine rings is 2. The third-order valence-electron chi connectivity index (χ3n) is 8.24. The molecule has 3 saturated heterocycles. The van der Waals surface area contributed by atoms with Gasteiger partial charge in [0.15, 0.2) is 11.5 Å². The van der Waals surface area contributed by atoms with Gasteiger partial charge in [-0.05, 0) is 68.8 Å². The fourth-order valence-corrected chi connectivity index (χ4v) is 6.28. The highest BCUT2D eigenvalue weighted by Gasteiger charge is 2.39. The molecule has 0 saturated carbocycles. The zero-order valence-electron chi connectivity index (χ0n) is 22.2. The zero-order valence-corrected chi connectivity index (χ0v) is 22.2. The first kappa shape index (κ1) is 26.7. The molecule has 3 fully saturated rings. The van der Waals surface area contributed by atoms with E-state index in [0.717, 1.165) is 12.1 Å². The molecule has 0 radical (unpaired) electrons. The molecule has 0 N–H and O–H groups in total. The smallest absolute Gasteiger partial charge is 0.228 e. The predicted molar refractivity (Wildman–Crippen MR) is 138 cm³/mol. The Morgan fingerprint density at radius 3 is 2.64 bits per heavy atom. The minimum Gasteiger partial charge on any atom is -0.493 e. The summed E-state index contributed by atoms with van der Waals surface area (Å²) in [6.45, 7) is 5.37. The molecule has 0 spiro atoms. The van der Waals surface area contributed by atoms with Crippen LogP contribution in [0.2, 0.25) is 0 Å². The highest BCUT2D eigenvalue weighted by Crippen LogP contribution is 2.32. The molecule has 3 aliphatic heterocycles. The zero-order chi connectivity index (χ0) is 25.5. The number of ether oxygens (including phenoxy) is 3. The van der Waals surface area contributed by atoms with Crippen LogP contribution in [0.4, 0.5) is 0 Å². The van der Waals surface area contributed by atoms with Gasteiger partial charge in [-0.15, -0.1) is 0 Å². The molecule has 3 heterocycles. The molecule has 3 atom stereocenters. The van der Waals surface area contributed by atoms with Gasteiger partial charge in [-0.1, -0.05) is 12.5 Å². The first-order valence-electron chi connectivity index (χ1n) is 13.5. The molecule has 3 aliphatic rings. The largest absolute Gasteiger partial charge is 0.493 e. The van der Waals surface area contributed by atoms with Crippen molar-refractivity contribution in [2.45, 2.75) is 51.0 Å². The summed E-state index contributed by atoms with van der Waals surface area (Å²) in [6.07, 6.45) is 7.21. The summed E-state index contributed by atoms with van der Waals surface area (Å²) in [4.78, 5) is 33.0. The normalized spacial score (nSPS) is 24.5. The second-order valence-corrected chi connectivity index (χ2v) is 10.5. The van der Waals surface area contributed by atoms with Crippen LogP contribution in [0.25, 0.3) is 0 Å². The van der Waals surface area contributed by atoms with E-state index in [1.54, 1.807) is 21.3 Å². The Balaban J connectivity index is 1.36. The number of carbonyl (C=O) groups is 2. The quantitative estimate of drug-likeness (QED) is 0.464. The van der Waals surface area contributed by atoms with Gasteiger partial charge in [-0.3, -0.25) is 9.59 Å². The molecule has 0 bridgehead atoms. The molecular weight excluding hydrogens is 458 g/mol. The molecule has 0 aliphatic carbocycles. The van der Waals surface area contributed by atoms with E-state index in [4.69, 9.17) is 14.2 Å². The van der Waals surface area contributed by atoms with E-state index in [9.17, 15) is 9.59 Å². The van der Waals surface area contributed by atoms with Crippen molar-refractivity contribution in [1.29, 1.82) is 0 Å². The fraction of sp³-hybridized carbons (Fsp3) is 0.714. The standard InChI is InChI=1S/C28H43N3O5/c1-34-16-15-31(19-22-7-6-13-29-12-5-4-8-24(22)29)28(33)23-18-27(32)30(20-23)14-11-21-9-10-25(35-2)26(17-21)36-3/h9-10,17,22-24H,4-8,11-16,18-20H2,1-3H3/t22-,23-,24-/m0/s1. The molecule has 1 aromatic rings. The highest BCUT2D eigenvalue weighted by atomic mass is 16.5. The molecule has 36 heavy (non-hydrogen) atoms. The van der Waals surface area contributed by atoms with Crippen molar-refractivity contribution in [2.75, 3.05) is 67.2 Å². The van der Waals surface area contributed by atoms with Crippen LogP contribution in [0.5, 0.6) is 11.5 Å². The minimum absolute atomic E-state index is 0.0663. The number of amides is 2. The van der Waals surface area contributed by atoms with E-state index in [0.29, 0.717) is 62.5 Å². The lowest BCUT2D eigenvalue weighted by Crippen LogP contribution is -2.52. The lowest BCUT2D eigenvalue weighted by Gasteiger charge is -2.46. The summed E-state index contributed by atoms with van der Waals surface area (Å²) in [5.41, 5.74) is 1.08. The number of carbonyl (C=O) groups excluding carboxylic acids is 2. The Labute approximate surface area is 215 Å². The van der Waals surface area contributed by atoms with Crippen LogP contribution in [-0.2, 0) is 20.7 Å². The maximum Gasteiger partial charge on any atom is 0.228 e. The van der Waals surface area contributed by atoms with E-state index >= 15 is 0 Å². The number of nitrogens with zero attached hydrogens (tertiary/aromatic N) is 3. The molecular formula is C28H43N3O5. The molecule has 0 unspecified atom stereocenters. The number of fused-ring (bicyclic) bond motifs is 1. The number of benzene rings is 1. The van der Waals surface area contributed by atoms with Gasteiger partial charge in [-0.25, -0.2) is 0 Å². The first-order chi connectivity index (χ1) is 17.5. The topological polar surface area (TPSA) is 71.6 Å². The van der Waals surface area contributed by atoms with Crippen molar-refractivity contribution in [3.05, 3.63) is 23.8 Å². The van der Waals surface area contributed by atoms with Crippen molar-refractivity contribution in [3.63, 3.8) is 0 Å². The van der Waals surface area contributed by atoms with Gasteiger partial charge in [0, 0.05) is 45.8 Å². The Kier molecular flexibility index (Phi) is 9.48.